The number of nitrogens with zero attached hydrogens (tertiary/aromatic N) is 1. The van der Waals surface area contributed by atoms with Crippen LogP contribution in [0.4, 0.5) is 0 Å². The predicted octanol–water partition coefficient (Wildman–Crippen LogP) is 2.72. The van der Waals surface area contributed by atoms with E-state index in [9.17, 15) is 4.79 Å². The number of carbonyl (C=O) groups is 1. The average Bonchev–Trinajstić information content (AvgIpc) is 3.36. The molecule has 1 aromatic carbocycles. The van der Waals surface area contributed by atoms with Gasteiger partial charge in [-0.2, -0.15) is 0 Å². The van der Waals surface area contributed by atoms with E-state index in [1.165, 1.54) is 11.1 Å². The zero-order valence-corrected chi connectivity index (χ0v) is 18.2. The van der Waals surface area contributed by atoms with Crippen LogP contribution in [0.5, 0.6) is 0 Å². The van der Waals surface area contributed by atoms with Crippen molar-refractivity contribution < 1.29 is 9.53 Å². The van der Waals surface area contributed by atoms with Crippen molar-refractivity contribution in [2.75, 3.05) is 45.9 Å². The second-order valence-corrected chi connectivity index (χ2v) is 8.19. The van der Waals surface area contributed by atoms with E-state index in [1.54, 1.807) is 0 Å². The van der Waals surface area contributed by atoms with Crippen molar-refractivity contribution >= 4 is 30.7 Å². The molecule has 5 nitrogen and oxygen atoms in total. The second kappa shape index (κ2) is 10.3. The maximum absolute atomic E-state index is 12.8. The van der Waals surface area contributed by atoms with Gasteiger partial charge in [0, 0.05) is 25.6 Å². The Balaban J connectivity index is 0.00000140. The van der Waals surface area contributed by atoms with Gasteiger partial charge in [0.05, 0.1) is 19.3 Å². The van der Waals surface area contributed by atoms with E-state index in [1.807, 2.05) is 0 Å². The molecule has 2 aliphatic heterocycles. The van der Waals surface area contributed by atoms with Crippen molar-refractivity contribution in [2.24, 2.45) is 11.3 Å². The SMILES string of the molecule is Cc1cccc(C(CNC(=O)C2CC23CCNCC3)N2CCOCC2)c1.Cl.Cl. The first-order chi connectivity index (χ1) is 12.7. The van der Waals surface area contributed by atoms with E-state index in [-0.39, 0.29) is 42.7 Å². The van der Waals surface area contributed by atoms with Gasteiger partial charge < -0.3 is 15.4 Å². The molecule has 0 radical (unpaired) electrons. The number of carbonyl (C=O) groups excluding carboxylic acids is 1. The Morgan fingerprint density at radius 3 is 2.68 bits per heavy atom. The number of hydrogen-bond donors (Lipinski definition) is 2. The minimum absolute atomic E-state index is 0. The van der Waals surface area contributed by atoms with Crippen LogP contribution in [-0.2, 0) is 9.53 Å². The highest BCUT2D eigenvalue weighted by Gasteiger charge is 2.57. The first kappa shape index (κ1) is 23.4. The van der Waals surface area contributed by atoms with Crippen molar-refractivity contribution in [1.29, 1.82) is 0 Å². The average molecular weight is 430 g/mol. The molecule has 4 rings (SSSR count). The number of amides is 1. The van der Waals surface area contributed by atoms with Crippen molar-refractivity contribution in [3.05, 3.63) is 35.4 Å². The maximum atomic E-state index is 12.8. The van der Waals surface area contributed by atoms with Crippen LogP contribution in [0.1, 0.15) is 36.4 Å². The molecule has 0 bridgehead atoms. The van der Waals surface area contributed by atoms with Gasteiger partial charge in [0.25, 0.3) is 0 Å². The van der Waals surface area contributed by atoms with Crippen LogP contribution in [-0.4, -0.2) is 56.7 Å². The third-order valence-corrected chi connectivity index (χ3v) is 6.49. The minimum Gasteiger partial charge on any atom is -0.379 e. The van der Waals surface area contributed by atoms with E-state index >= 15 is 0 Å². The number of rotatable bonds is 5. The monoisotopic (exact) mass is 429 g/mol. The van der Waals surface area contributed by atoms with Crippen LogP contribution in [0.25, 0.3) is 0 Å². The first-order valence-electron chi connectivity index (χ1n) is 10.0. The van der Waals surface area contributed by atoms with Crippen LogP contribution in [0.15, 0.2) is 24.3 Å². The first-order valence-corrected chi connectivity index (χ1v) is 10.0. The fourth-order valence-electron chi connectivity index (χ4n) is 4.74. The summed E-state index contributed by atoms with van der Waals surface area (Å²) in [7, 11) is 0. The van der Waals surface area contributed by atoms with Gasteiger partial charge in [-0.3, -0.25) is 9.69 Å². The Morgan fingerprint density at radius 1 is 1.29 bits per heavy atom. The van der Waals surface area contributed by atoms with Gasteiger partial charge in [-0.15, -0.1) is 24.8 Å². The topological polar surface area (TPSA) is 53.6 Å². The number of ether oxygens (including phenoxy) is 1. The summed E-state index contributed by atoms with van der Waals surface area (Å²) in [4.78, 5) is 15.2. The number of benzene rings is 1. The predicted molar refractivity (Wildman–Crippen MR) is 116 cm³/mol. The Morgan fingerprint density at radius 2 is 2.00 bits per heavy atom. The molecule has 2 atom stereocenters. The molecule has 1 aliphatic carbocycles. The largest absolute Gasteiger partial charge is 0.379 e. The summed E-state index contributed by atoms with van der Waals surface area (Å²) in [6, 6.07) is 8.90. The molecule has 28 heavy (non-hydrogen) atoms. The molecule has 7 heteroatoms. The number of aryl methyl sites for hydroxylation is 1. The number of halogens is 2. The van der Waals surface area contributed by atoms with E-state index < -0.39 is 0 Å². The molecule has 158 valence electrons. The highest BCUT2D eigenvalue weighted by molar-refractivity contribution is 5.85. The molecule has 1 amide bonds. The molecule has 2 saturated heterocycles. The van der Waals surface area contributed by atoms with Gasteiger partial charge in [-0.05, 0) is 50.3 Å². The third-order valence-electron chi connectivity index (χ3n) is 6.49. The molecule has 1 spiro atoms. The Bertz CT molecular complexity index is 646. The lowest BCUT2D eigenvalue weighted by Crippen LogP contribution is -2.44. The molecule has 1 aromatic rings. The van der Waals surface area contributed by atoms with Gasteiger partial charge in [0.15, 0.2) is 0 Å². The molecular formula is C21H33Cl2N3O2. The molecule has 3 aliphatic rings. The molecule has 2 N–H and O–H groups in total. The zero-order chi connectivity index (χ0) is 18.0. The summed E-state index contributed by atoms with van der Waals surface area (Å²) >= 11 is 0. The summed E-state index contributed by atoms with van der Waals surface area (Å²) in [5.74, 6) is 0.491. The summed E-state index contributed by atoms with van der Waals surface area (Å²) in [6.45, 7) is 8.33. The fourth-order valence-corrected chi connectivity index (χ4v) is 4.74. The summed E-state index contributed by atoms with van der Waals surface area (Å²) in [6.07, 6.45) is 3.37. The fraction of sp³-hybridized carbons (Fsp3) is 0.667. The van der Waals surface area contributed by atoms with Crippen molar-refractivity contribution in [3.63, 3.8) is 0 Å². The lowest BCUT2D eigenvalue weighted by molar-refractivity contribution is -0.123. The highest BCUT2D eigenvalue weighted by atomic mass is 35.5. The maximum Gasteiger partial charge on any atom is 0.223 e. The van der Waals surface area contributed by atoms with Gasteiger partial charge in [0.2, 0.25) is 5.91 Å². The van der Waals surface area contributed by atoms with Gasteiger partial charge in [-0.25, -0.2) is 0 Å². The standard InChI is InChI=1S/C21H31N3O2.2ClH/c1-16-3-2-4-17(13-16)19(24-9-11-26-12-10-24)15-23-20(25)18-14-21(18)5-7-22-8-6-21;;/h2-4,13,18-19,22H,5-12,14-15H2,1H3,(H,23,25);2*1H. The van der Waals surface area contributed by atoms with E-state index in [0.29, 0.717) is 12.0 Å². The number of hydrogen-bond acceptors (Lipinski definition) is 4. The Kier molecular flexibility index (Phi) is 8.59. The number of piperidine rings is 1. The molecule has 1 saturated carbocycles. The van der Waals surface area contributed by atoms with Crippen molar-refractivity contribution in [2.45, 2.75) is 32.2 Å². The lowest BCUT2D eigenvalue weighted by Gasteiger charge is -2.35. The third kappa shape index (κ3) is 5.19. The normalized spacial score (nSPS) is 24.5. The number of morpholine rings is 1. The Hall–Kier alpha value is -0.850. The summed E-state index contributed by atoms with van der Waals surface area (Å²) in [5, 5.41) is 6.70. The molecule has 0 aromatic heterocycles. The van der Waals surface area contributed by atoms with Gasteiger partial charge in [0.1, 0.15) is 0 Å². The lowest BCUT2D eigenvalue weighted by atomic mass is 9.91. The van der Waals surface area contributed by atoms with Gasteiger partial charge >= 0.3 is 0 Å². The van der Waals surface area contributed by atoms with Crippen LogP contribution >= 0.6 is 24.8 Å². The van der Waals surface area contributed by atoms with Crippen molar-refractivity contribution in [1.82, 2.24) is 15.5 Å². The van der Waals surface area contributed by atoms with Crippen molar-refractivity contribution in [3.8, 4) is 0 Å². The molecular weight excluding hydrogens is 397 g/mol. The van der Waals surface area contributed by atoms with Crippen LogP contribution in [0, 0.1) is 18.3 Å². The zero-order valence-electron chi connectivity index (χ0n) is 16.6. The van der Waals surface area contributed by atoms with E-state index in [0.717, 1.165) is 58.7 Å². The van der Waals surface area contributed by atoms with E-state index in [4.69, 9.17) is 4.74 Å². The van der Waals surface area contributed by atoms with Gasteiger partial charge in [-0.1, -0.05) is 29.8 Å². The minimum atomic E-state index is 0. The van der Waals surface area contributed by atoms with E-state index in [2.05, 4.69) is 46.7 Å². The summed E-state index contributed by atoms with van der Waals surface area (Å²) in [5.41, 5.74) is 2.86. The highest BCUT2D eigenvalue weighted by Crippen LogP contribution is 2.58. The van der Waals surface area contributed by atoms with Crippen LogP contribution in [0.3, 0.4) is 0 Å². The summed E-state index contributed by atoms with van der Waals surface area (Å²) < 4.78 is 5.52. The molecule has 2 unspecified atom stereocenters. The quantitative estimate of drug-likeness (QED) is 0.755. The van der Waals surface area contributed by atoms with Crippen LogP contribution in [0.2, 0.25) is 0 Å². The van der Waals surface area contributed by atoms with Crippen LogP contribution < -0.4 is 10.6 Å². The molecule has 3 fully saturated rings. The smallest absolute Gasteiger partial charge is 0.223 e. The molecule has 2 heterocycles. The number of nitrogens with one attached hydrogen (secondary N) is 2. The second-order valence-electron chi connectivity index (χ2n) is 8.19. The Labute approximate surface area is 180 Å².